The average Bonchev–Trinajstić information content (AvgIpc) is 2.20. The lowest BCUT2D eigenvalue weighted by Crippen LogP contribution is -1.83. The van der Waals surface area contributed by atoms with Crippen molar-refractivity contribution in [3.8, 4) is 11.1 Å². The quantitative estimate of drug-likeness (QED) is 0.781. The summed E-state index contributed by atoms with van der Waals surface area (Å²) in [6, 6.07) is 11.8. The van der Waals surface area contributed by atoms with Gasteiger partial charge in [-0.05, 0) is 35.4 Å². The summed E-state index contributed by atoms with van der Waals surface area (Å²) in [5.74, 6) is 0. The Balaban J connectivity index is 0.000000980. The van der Waals surface area contributed by atoms with E-state index in [2.05, 4.69) is 4.98 Å². The van der Waals surface area contributed by atoms with Gasteiger partial charge in [-0.1, -0.05) is 12.1 Å². The van der Waals surface area contributed by atoms with E-state index in [4.69, 9.17) is 5.73 Å². The molecule has 1 aromatic heterocycles. The maximum atomic E-state index is 5.59. The monoisotopic (exact) mass is 242 g/mol. The highest BCUT2D eigenvalue weighted by Crippen LogP contribution is 2.18. The van der Waals surface area contributed by atoms with Crippen LogP contribution in [0.4, 0.5) is 5.69 Å². The molecule has 0 aliphatic heterocycles. The first-order valence-electron chi connectivity index (χ1n) is 4.12. The van der Waals surface area contributed by atoms with Crippen LogP contribution < -0.4 is 5.73 Å². The van der Waals surface area contributed by atoms with Crippen molar-refractivity contribution in [1.82, 2.24) is 4.98 Å². The molecule has 0 atom stereocenters. The van der Waals surface area contributed by atoms with Crippen molar-refractivity contribution < 1.29 is 0 Å². The molecule has 0 saturated heterocycles. The minimum Gasteiger partial charge on any atom is -0.399 e. The summed E-state index contributed by atoms with van der Waals surface area (Å²) >= 11 is 0. The minimum atomic E-state index is 0. The number of aromatic nitrogens is 1. The second-order valence-electron chi connectivity index (χ2n) is 2.86. The Morgan fingerprint density at radius 1 is 0.733 bits per heavy atom. The van der Waals surface area contributed by atoms with E-state index in [1.54, 1.807) is 12.4 Å². The Bertz CT molecular complexity index is 387. The van der Waals surface area contributed by atoms with Crippen LogP contribution in [0.3, 0.4) is 0 Å². The van der Waals surface area contributed by atoms with Crippen molar-refractivity contribution in [2.45, 2.75) is 0 Å². The third-order valence-electron chi connectivity index (χ3n) is 1.92. The molecule has 15 heavy (non-hydrogen) atoms. The summed E-state index contributed by atoms with van der Waals surface area (Å²) in [7, 11) is 0. The molecule has 1 aromatic carbocycles. The van der Waals surface area contributed by atoms with Gasteiger partial charge in [0.05, 0.1) is 0 Å². The third-order valence-corrected chi connectivity index (χ3v) is 1.92. The molecule has 0 unspecified atom stereocenters. The maximum Gasteiger partial charge on any atom is 0.0314 e. The van der Waals surface area contributed by atoms with Crippen molar-refractivity contribution in [2.75, 3.05) is 5.73 Å². The Hall–Kier alpha value is -1.25. The fraction of sp³-hybridized carbons (Fsp3) is 0. The number of hydrogen-bond acceptors (Lipinski definition) is 2. The summed E-state index contributed by atoms with van der Waals surface area (Å²) in [6.07, 6.45) is 3.57. The molecule has 2 N–H and O–H groups in total. The Kier molecular flexibility index (Phi) is 5.75. The standard InChI is InChI=1S/C11H10N2.2ClH/c12-11-3-1-9(2-4-11)10-5-7-13-8-6-10;;/h1-8H,12H2;2*1H. The second-order valence-corrected chi connectivity index (χ2v) is 2.86. The molecule has 4 heteroatoms. The van der Waals surface area contributed by atoms with Gasteiger partial charge < -0.3 is 5.73 Å². The lowest BCUT2D eigenvalue weighted by molar-refractivity contribution is 1.33. The van der Waals surface area contributed by atoms with Crippen LogP contribution in [-0.4, -0.2) is 4.98 Å². The molecule has 0 bridgehead atoms. The van der Waals surface area contributed by atoms with Crippen LogP contribution in [-0.2, 0) is 0 Å². The van der Waals surface area contributed by atoms with Gasteiger partial charge in [0, 0.05) is 18.1 Å². The number of nitrogens with zero attached hydrogens (tertiary/aromatic N) is 1. The molecule has 0 saturated carbocycles. The van der Waals surface area contributed by atoms with Crippen LogP contribution >= 0.6 is 24.8 Å². The summed E-state index contributed by atoms with van der Waals surface area (Å²) in [5, 5.41) is 0. The van der Waals surface area contributed by atoms with E-state index in [-0.39, 0.29) is 24.8 Å². The molecule has 2 nitrogen and oxygen atoms in total. The largest absolute Gasteiger partial charge is 0.399 e. The van der Waals surface area contributed by atoms with Crippen molar-refractivity contribution in [2.24, 2.45) is 0 Å². The summed E-state index contributed by atoms with van der Waals surface area (Å²) in [5.41, 5.74) is 8.71. The fourth-order valence-electron chi connectivity index (χ4n) is 1.22. The highest BCUT2D eigenvalue weighted by atomic mass is 35.5. The van der Waals surface area contributed by atoms with Gasteiger partial charge in [0.25, 0.3) is 0 Å². The second kappa shape index (κ2) is 6.27. The van der Waals surface area contributed by atoms with Crippen molar-refractivity contribution in [3.63, 3.8) is 0 Å². The molecule has 0 aliphatic carbocycles. The van der Waals surface area contributed by atoms with Gasteiger partial charge in [0.15, 0.2) is 0 Å². The number of benzene rings is 1. The molecule has 0 radical (unpaired) electrons. The van der Waals surface area contributed by atoms with E-state index in [1.807, 2.05) is 36.4 Å². The summed E-state index contributed by atoms with van der Waals surface area (Å²) in [6.45, 7) is 0. The van der Waals surface area contributed by atoms with Crippen LogP contribution in [0.1, 0.15) is 0 Å². The van der Waals surface area contributed by atoms with Gasteiger partial charge in [-0.3, -0.25) is 4.98 Å². The highest BCUT2D eigenvalue weighted by Gasteiger charge is 1.94. The van der Waals surface area contributed by atoms with Crippen LogP contribution in [0.5, 0.6) is 0 Å². The van der Waals surface area contributed by atoms with Gasteiger partial charge in [-0.25, -0.2) is 0 Å². The number of nitrogens with two attached hydrogens (primary N) is 1. The zero-order valence-corrected chi connectivity index (χ0v) is 9.59. The Labute approximate surface area is 101 Å². The molecule has 2 rings (SSSR count). The van der Waals surface area contributed by atoms with Crippen molar-refractivity contribution >= 4 is 30.5 Å². The molecule has 0 spiro atoms. The number of hydrogen-bond donors (Lipinski definition) is 1. The number of anilines is 1. The predicted octanol–water partition coefficient (Wildman–Crippen LogP) is 3.17. The van der Waals surface area contributed by atoms with Gasteiger partial charge >= 0.3 is 0 Å². The number of nitrogen functional groups attached to an aromatic ring is 1. The first-order valence-corrected chi connectivity index (χ1v) is 4.12. The fourth-order valence-corrected chi connectivity index (χ4v) is 1.22. The average molecular weight is 243 g/mol. The topological polar surface area (TPSA) is 38.9 Å². The van der Waals surface area contributed by atoms with Gasteiger partial charge in [-0.15, -0.1) is 24.8 Å². The molecule has 0 amide bonds. The van der Waals surface area contributed by atoms with Gasteiger partial charge in [-0.2, -0.15) is 0 Å². The van der Waals surface area contributed by atoms with Crippen molar-refractivity contribution in [1.29, 1.82) is 0 Å². The van der Waals surface area contributed by atoms with E-state index >= 15 is 0 Å². The highest BCUT2D eigenvalue weighted by molar-refractivity contribution is 5.85. The molecule has 0 aliphatic rings. The molecular weight excluding hydrogens is 231 g/mol. The summed E-state index contributed by atoms with van der Waals surface area (Å²) < 4.78 is 0. The maximum absolute atomic E-state index is 5.59. The number of halogens is 2. The Morgan fingerprint density at radius 3 is 1.73 bits per heavy atom. The normalized spacial score (nSPS) is 8.53. The van der Waals surface area contributed by atoms with E-state index < -0.39 is 0 Å². The molecule has 80 valence electrons. The molecule has 0 fully saturated rings. The molecule has 1 heterocycles. The zero-order valence-electron chi connectivity index (χ0n) is 7.96. The van der Waals surface area contributed by atoms with E-state index in [9.17, 15) is 0 Å². The predicted molar refractivity (Wildman–Crippen MR) is 68.6 cm³/mol. The lowest BCUT2D eigenvalue weighted by atomic mass is 10.1. The Morgan fingerprint density at radius 2 is 1.20 bits per heavy atom. The molecular formula is C11H12Cl2N2. The first kappa shape index (κ1) is 13.8. The number of rotatable bonds is 1. The van der Waals surface area contributed by atoms with Crippen LogP contribution in [0.15, 0.2) is 48.8 Å². The minimum absolute atomic E-state index is 0. The zero-order chi connectivity index (χ0) is 9.10. The van der Waals surface area contributed by atoms with E-state index in [1.165, 1.54) is 0 Å². The molecule has 2 aromatic rings. The van der Waals surface area contributed by atoms with Crippen LogP contribution in [0.25, 0.3) is 11.1 Å². The smallest absolute Gasteiger partial charge is 0.0314 e. The lowest BCUT2D eigenvalue weighted by Gasteiger charge is -2.00. The van der Waals surface area contributed by atoms with Crippen LogP contribution in [0.2, 0.25) is 0 Å². The number of pyridine rings is 1. The van der Waals surface area contributed by atoms with E-state index in [0.717, 1.165) is 16.8 Å². The van der Waals surface area contributed by atoms with Crippen molar-refractivity contribution in [3.05, 3.63) is 48.8 Å². The van der Waals surface area contributed by atoms with E-state index in [0.29, 0.717) is 0 Å². The van der Waals surface area contributed by atoms with Gasteiger partial charge in [0.1, 0.15) is 0 Å². The van der Waals surface area contributed by atoms with Gasteiger partial charge in [0.2, 0.25) is 0 Å². The first-order chi connectivity index (χ1) is 6.36. The summed E-state index contributed by atoms with van der Waals surface area (Å²) in [4.78, 5) is 3.96. The third kappa shape index (κ3) is 3.42. The SMILES string of the molecule is Cl.Cl.Nc1ccc(-c2ccncc2)cc1. The van der Waals surface area contributed by atoms with Crippen LogP contribution in [0, 0.1) is 0 Å².